The highest BCUT2D eigenvalue weighted by Gasteiger charge is 2.34. The summed E-state index contributed by atoms with van der Waals surface area (Å²) in [5.74, 6) is 1.12. The van der Waals surface area contributed by atoms with Crippen LogP contribution >= 0.6 is 0 Å². The monoisotopic (exact) mass is 272 g/mol. The smallest absolute Gasteiger partial charge is 0.246 e. The van der Waals surface area contributed by atoms with Crippen molar-refractivity contribution in [2.24, 2.45) is 0 Å². The van der Waals surface area contributed by atoms with Crippen molar-refractivity contribution in [2.75, 3.05) is 13.6 Å². The Labute approximate surface area is 108 Å². The first-order valence-corrected chi connectivity index (χ1v) is 7.66. The Hall–Kier alpha value is -0.850. The minimum Gasteiger partial charge on any atom is -0.464 e. The number of sulfonamides is 1. The molecule has 1 N–H and O–H groups in total. The summed E-state index contributed by atoms with van der Waals surface area (Å²) in [7, 11) is -1.60. The molecule has 0 radical (unpaired) electrons. The maximum absolute atomic E-state index is 12.5. The highest BCUT2D eigenvalue weighted by atomic mass is 32.2. The van der Waals surface area contributed by atoms with E-state index in [1.165, 1.54) is 0 Å². The van der Waals surface area contributed by atoms with Gasteiger partial charge < -0.3 is 9.73 Å². The lowest BCUT2D eigenvalue weighted by Gasteiger charge is -2.20. The summed E-state index contributed by atoms with van der Waals surface area (Å²) in [4.78, 5) is 0.307. The van der Waals surface area contributed by atoms with Gasteiger partial charge in [-0.2, -0.15) is 4.31 Å². The standard InChI is InChI=1S/C12H20N2O3S/c1-9-5-4-6-14(9)18(15,16)12-7-11(8-13-3)17-10(12)2/h7,9,13H,4-6,8H2,1-3H3. The van der Waals surface area contributed by atoms with Crippen molar-refractivity contribution in [1.29, 1.82) is 0 Å². The molecule has 0 aliphatic carbocycles. The Morgan fingerprint density at radius 3 is 2.83 bits per heavy atom. The minimum absolute atomic E-state index is 0.0806. The molecule has 1 aromatic heterocycles. The molecule has 0 bridgehead atoms. The number of nitrogens with one attached hydrogen (secondary N) is 1. The molecule has 2 rings (SSSR count). The molecule has 1 saturated heterocycles. The van der Waals surface area contributed by atoms with Crippen LogP contribution in [0.4, 0.5) is 0 Å². The van der Waals surface area contributed by atoms with Gasteiger partial charge in [-0.15, -0.1) is 0 Å². The normalized spacial score (nSPS) is 21.6. The topological polar surface area (TPSA) is 62.6 Å². The molecular formula is C12H20N2O3S. The van der Waals surface area contributed by atoms with Gasteiger partial charge in [0.05, 0.1) is 6.54 Å². The summed E-state index contributed by atoms with van der Waals surface area (Å²) in [6.07, 6.45) is 1.86. The van der Waals surface area contributed by atoms with Crippen LogP contribution in [0, 0.1) is 6.92 Å². The fraction of sp³-hybridized carbons (Fsp3) is 0.667. The molecule has 1 atom stereocenters. The molecule has 1 fully saturated rings. The summed E-state index contributed by atoms with van der Waals surface area (Å²) in [5.41, 5.74) is 0. The van der Waals surface area contributed by atoms with Crippen LogP contribution < -0.4 is 5.32 Å². The average molecular weight is 272 g/mol. The van der Waals surface area contributed by atoms with Crippen molar-refractivity contribution in [3.05, 3.63) is 17.6 Å². The van der Waals surface area contributed by atoms with Gasteiger partial charge in [0.25, 0.3) is 0 Å². The predicted molar refractivity (Wildman–Crippen MR) is 68.8 cm³/mol. The van der Waals surface area contributed by atoms with Crippen LogP contribution in [-0.2, 0) is 16.6 Å². The molecule has 6 heteroatoms. The van der Waals surface area contributed by atoms with E-state index < -0.39 is 10.0 Å². The second-order valence-electron chi connectivity index (χ2n) is 4.77. The predicted octanol–water partition coefficient (Wildman–Crippen LogP) is 1.48. The minimum atomic E-state index is -3.40. The van der Waals surface area contributed by atoms with Gasteiger partial charge >= 0.3 is 0 Å². The Morgan fingerprint density at radius 2 is 2.28 bits per heavy atom. The van der Waals surface area contributed by atoms with E-state index in [2.05, 4.69) is 5.32 Å². The fourth-order valence-electron chi connectivity index (χ4n) is 2.43. The number of aryl methyl sites for hydroxylation is 1. The fourth-order valence-corrected chi connectivity index (χ4v) is 4.32. The summed E-state index contributed by atoms with van der Waals surface area (Å²) in [6, 6.07) is 1.71. The van der Waals surface area contributed by atoms with Crippen molar-refractivity contribution in [2.45, 2.75) is 44.2 Å². The molecule has 5 nitrogen and oxygen atoms in total. The molecule has 1 aliphatic heterocycles. The molecule has 1 aliphatic rings. The number of hydrogen-bond acceptors (Lipinski definition) is 4. The Bertz CT molecular complexity index is 521. The molecule has 1 aromatic rings. The van der Waals surface area contributed by atoms with Crippen LogP contribution in [0.25, 0.3) is 0 Å². The van der Waals surface area contributed by atoms with Crippen molar-refractivity contribution in [3.8, 4) is 0 Å². The van der Waals surface area contributed by atoms with Gasteiger partial charge in [-0.1, -0.05) is 0 Å². The lowest BCUT2D eigenvalue weighted by Crippen LogP contribution is -2.33. The van der Waals surface area contributed by atoms with E-state index >= 15 is 0 Å². The number of hydrogen-bond donors (Lipinski definition) is 1. The molecule has 0 aromatic carbocycles. The third-order valence-electron chi connectivity index (χ3n) is 3.35. The maximum atomic E-state index is 12.5. The van der Waals surface area contributed by atoms with E-state index in [-0.39, 0.29) is 6.04 Å². The van der Waals surface area contributed by atoms with Crippen LogP contribution in [0.3, 0.4) is 0 Å². The van der Waals surface area contributed by atoms with Gasteiger partial charge in [0.15, 0.2) is 0 Å². The molecule has 1 unspecified atom stereocenters. The lowest BCUT2D eigenvalue weighted by molar-refractivity contribution is 0.405. The van der Waals surface area contributed by atoms with Crippen LogP contribution in [-0.4, -0.2) is 32.4 Å². The van der Waals surface area contributed by atoms with E-state index in [0.29, 0.717) is 29.5 Å². The maximum Gasteiger partial charge on any atom is 0.246 e. The van der Waals surface area contributed by atoms with Gasteiger partial charge in [0, 0.05) is 18.7 Å². The summed E-state index contributed by atoms with van der Waals surface area (Å²) in [5, 5.41) is 2.95. The van der Waals surface area contributed by atoms with Crippen molar-refractivity contribution >= 4 is 10.0 Å². The zero-order chi connectivity index (χ0) is 13.3. The average Bonchev–Trinajstić information content (AvgIpc) is 2.86. The number of rotatable bonds is 4. The van der Waals surface area contributed by atoms with Crippen molar-refractivity contribution in [3.63, 3.8) is 0 Å². The van der Waals surface area contributed by atoms with E-state index in [0.717, 1.165) is 12.8 Å². The second kappa shape index (κ2) is 5.03. The van der Waals surface area contributed by atoms with Gasteiger partial charge in [0.1, 0.15) is 16.4 Å². The first kappa shape index (κ1) is 13.6. The van der Waals surface area contributed by atoms with Crippen molar-refractivity contribution in [1.82, 2.24) is 9.62 Å². The molecule has 0 amide bonds. The molecular weight excluding hydrogens is 252 g/mol. The number of furan rings is 1. The van der Waals surface area contributed by atoms with Crippen LogP contribution in [0.2, 0.25) is 0 Å². The highest BCUT2D eigenvalue weighted by Crippen LogP contribution is 2.29. The summed E-state index contributed by atoms with van der Waals surface area (Å²) >= 11 is 0. The van der Waals surface area contributed by atoms with Crippen LogP contribution in [0.15, 0.2) is 15.4 Å². The molecule has 0 saturated carbocycles. The van der Waals surface area contributed by atoms with Gasteiger partial charge in [0.2, 0.25) is 10.0 Å². The zero-order valence-electron chi connectivity index (χ0n) is 11.1. The van der Waals surface area contributed by atoms with Gasteiger partial charge in [-0.05, 0) is 33.7 Å². The lowest BCUT2D eigenvalue weighted by atomic mass is 10.3. The second-order valence-corrected chi connectivity index (χ2v) is 6.63. The Morgan fingerprint density at radius 1 is 1.56 bits per heavy atom. The quantitative estimate of drug-likeness (QED) is 0.902. The third kappa shape index (κ3) is 2.32. The molecule has 2 heterocycles. The Kier molecular flexibility index (Phi) is 3.79. The van der Waals surface area contributed by atoms with Crippen molar-refractivity contribution < 1.29 is 12.8 Å². The van der Waals surface area contributed by atoms with Crippen LogP contribution in [0.1, 0.15) is 31.3 Å². The van der Waals surface area contributed by atoms with Gasteiger partial charge in [-0.25, -0.2) is 8.42 Å². The Balaban J connectivity index is 2.35. The van der Waals surface area contributed by atoms with E-state index in [1.807, 2.05) is 6.92 Å². The SMILES string of the molecule is CNCc1cc(S(=O)(=O)N2CCCC2C)c(C)o1. The summed E-state index contributed by atoms with van der Waals surface area (Å²) in [6.45, 7) is 4.79. The zero-order valence-corrected chi connectivity index (χ0v) is 11.9. The van der Waals surface area contributed by atoms with Crippen LogP contribution in [0.5, 0.6) is 0 Å². The summed E-state index contributed by atoms with van der Waals surface area (Å²) < 4.78 is 32.1. The first-order chi connectivity index (χ1) is 8.46. The first-order valence-electron chi connectivity index (χ1n) is 6.22. The number of nitrogens with zero attached hydrogens (tertiary/aromatic N) is 1. The highest BCUT2D eigenvalue weighted by molar-refractivity contribution is 7.89. The van der Waals surface area contributed by atoms with E-state index in [1.54, 1.807) is 24.3 Å². The molecule has 102 valence electrons. The van der Waals surface area contributed by atoms with E-state index in [9.17, 15) is 8.42 Å². The largest absolute Gasteiger partial charge is 0.464 e. The molecule has 18 heavy (non-hydrogen) atoms. The molecule has 0 spiro atoms. The van der Waals surface area contributed by atoms with Gasteiger partial charge in [-0.3, -0.25) is 0 Å². The third-order valence-corrected chi connectivity index (χ3v) is 5.47. The van der Waals surface area contributed by atoms with E-state index in [4.69, 9.17) is 4.42 Å².